The second-order valence-corrected chi connectivity index (χ2v) is 7.80. The number of fused-ring (bicyclic) bond motifs is 1. The Labute approximate surface area is 158 Å². The third-order valence-corrected chi connectivity index (χ3v) is 4.75. The zero-order valence-corrected chi connectivity index (χ0v) is 16.4. The van der Waals surface area contributed by atoms with Crippen LogP contribution in [0.15, 0.2) is 18.2 Å². The summed E-state index contributed by atoms with van der Waals surface area (Å²) in [5.74, 6) is 0.185. The van der Waals surface area contributed by atoms with Gasteiger partial charge in [-0.2, -0.15) is 5.10 Å². The molecule has 2 amide bonds. The van der Waals surface area contributed by atoms with E-state index in [0.29, 0.717) is 30.0 Å². The maximum absolute atomic E-state index is 12.3. The van der Waals surface area contributed by atoms with Crippen LogP contribution in [0.1, 0.15) is 63.4 Å². The summed E-state index contributed by atoms with van der Waals surface area (Å²) in [6, 6.07) is 5.65. The number of anilines is 2. The van der Waals surface area contributed by atoms with Gasteiger partial charge < -0.3 is 15.4 Å². The first-order valence-corrected chi connectivity index (χ1v) is 9.10. The molecular weight excluding hydrogens is 344 g/mol. The fraction of sp³-hybridized carbons (Fsp3) is 0.450. The van der Waals surface area contributed by atoms with Gasteiger partial charge in [0.05, 0.1) is 18.5 Å². The van der Waals surface area contributed by atoms with Crippen molar-refractivity contribution in [1.29, 1.82) is 0 Å². The summed E-state index contributed by atoms with van der Waals surface area (Å²) in [7, 11) is 1.54. The third-order valence-electron chi connectivity index (χ3n) is 4.75. The molecule has 0 fully saturated rings. The number of carbonyl (C=O) groups excluding carboxylic acids is 2. The Morgan fingerprint density at radius 2 is 2.07 bits per heavy atom. The Kier molecular flexibility index (Phi) is 4.95. The second-order valence-electron chi connectivity index (χ2n) is 7.80. The average Bonchev–Trinajstić information content (AvgIpc) is 3.11. The van der Waals surface area contributed by atoms with Gasteiger partial charge in [-0.15, -0.1) is 0 Å². The number of H-pyrrole nitrogens is 1. The molecule has 0 aliphatic carbocycles. The molecule has 0 saturated carbocycles. The molecule has 3 rings (SSSR count). The quantitative estimate of drug-likeness (QED) is 0.767. The molecule has 3 N–H and O–H groups in total. The highest BCUT2D eigenvalue weighted by Crippen LogP contribution is 2.42. The number of hydrogen-bond acceptors (Lipinski definition) is 4. The van der Waals surface area contributed by atoms with Crippen LogP contribution in [0.4, 0.5) is 11.4 Å². The molecule has 0 bridgehead atoms. The number of carbonyl (C=O) groups is 2. The first kappa shape index (κ1) is 18.9. The second kappa shape index (κ2) is 7.06. The van der Waals surface area contributed by atoms with E-state index >= 15 is 0 Å². The average molecular weight is 370 g/mol. The molecule has 0 spiro atoms. The normalized spacial score (nSPS) is 16.5. The first-order valence-electron chi connectivity index (χ1n) is 9.10. The standard InChI is InChI=1S/C20H26N4O3/c1-6-18(25)22-15-7-11-12(14-10-17(24-23-14)20(2,3)4)8-19(26)21-13(11)9-16(15)27-5/h7,9-10,12H,6,8H2,1-5H3,(H,21,26)(H,22,25)(H,23,24)/t12-/m0/s1. The van der Waals surface area contributed by atoms with E-state index in [1.165, 1.54) is 7.11 Å². The van der Waals surface area contributed by atoms with Crippen molar-refractivity contribution in [2.24, 2.45) is 0 Å². The minimum atomic E-state index is -0.166. The molecule has 1 aliphatic heterocycles. The van der Waals surface area contributed by atoms with Gasteiger partial charge in [-0.25, -0.2) is 0 Å². The van der Waals surface area contributed by atoms with Gasteiger partial charge in [-0.1, -0.05) is 27.7 Å². The van der Waals surface area contributed by atoms with E-state index in [4.69, 9.17) is 4.74 Å². The Morgan fingerprint density at radius 1 is 1.33 bits per heavy atom. The molecule has 2 heterocycles. The number of aromatic amines is 1. The molecule has 1 aromatic heterocycles. The number of aromatic nitrogens is 2. The van der Waals surface area contributed by atoms with Gasteiger partial charge in [-0.05, 0) is 17.7 Å². The van der Waals surface area contributed by atoms with Crippen molar-refractivity contribution in [2.75, 3.05) is 17.7 Å². The number of nitrogens with zero attached hydrogens (tertiary/aromatic N) is 1. The Morgan fingerprint density at radius 3 is 2.67 bits per heavy atom. The largest absolute Gasteiger partial charge is 0.494 e. The van der Waals surface area contributed by atoms with E-state index in [-0.39, 0.29) is 23.1 Å². The minimum absolute atomic E-state index is 0.0631. The van der Waals surface area contributed by atoms with E-state index in [0.717, 1.165) is 17.0 Å². The summed E-state index contributed by atoms with van der Waals surface area (Å²) in [6.45, 7) is 8.08. The molecule has 144 valence electrons. The number of rotatable bonds is 4. The van der Waals surface area contributed by atoms with Crippen LogP contribution in [-0.2, 0) is 15.0 Å². The van der Waals surface area contributed by atoms with Gasteiger partial charge in [0, 0.05) is 41.6 Å². The summed E-state index contributed by atoms with van der Waals surface area (Å²) >= 11 is 0. The molecule has 1 aliphatic rings. The van der Waals surface area contributed by atoms with Gasteiger partial charge >= 0.3 is 0 Å². The van der Waals surface area contributed by atoms with Gasteiger partial charge in [0.15, 0.2) is 0 Å². The van der Waals surface area contributed by atoms with Crippen LogP contribution >= 0.6 is 0 Å². The van der Waals surface area contributed by atoms with E-state index in [1.54, 1.807) is 13.0 Å². The predicted octanol–water partition coefficient (Wildman–Crippen LogP) is 3.54. The number of methoxy groups -OCH3 is 1. The fourth-order valence-corrected chi connectivity index (χ4v) is 3.17. The predicted molar refractivity (Wildman–Crippen MR) is 104 cm³/mol. The number of amides is 2. The van der Waals surface area contributed by atoms with Gasteiger partial charge in [0.25, 0.3) is 0 Å². The Bertz CT molecular complexity index is 880. The van der Waals surface area contributed by atoms with E-state index in [2.05, 4.69) is 41.6 Å². The van der Waals surface area contributed by atoms with Crippen molar-refractivity contribution in [1.82, 2.24) is 10.2 Å². The molecule has 7 heteroatoms. The summed E-state index contributed by atoms with van der Waals surface area (Å²) in [5.41, 5.74) is 3.95. The third kappa shape index (κ3) is 3.82. The SMILES string of the molecule is CCC(=O)Nc1cc2c(cc1OC)NC(=O)C[C@@H]2c1cc(C(C)(C)C)n[nH]1. The Hall–Kier alpha value is -2.83. The monoisotopic (exact) mass is 370 g/mol. The zero-order valence-electron chi connectivity index (χ0n) is 16.4. The van der Waals surface area contributed by atoms with Crippen molar-refractivity contribution in [3.8, 4) is 5.75 Å². The summed E-state index contributed by atoms with van der Waals surface area (Å²) in [4.78, 5) is 24.1. The van der Waals surface area contributed by atoms with E-state index in [1.807, 2.05) is 12.1 Å². The smallest absolute Gasteiger partial charge is 0.225 e. The number of nitrogens with one attached hydrogen (secondary N) is 3. The lowest BCUT2D eigenvalue weighted by atomic mass is 9.85. The van der Waals surface area contributed by atoms with Crippen molar-refractivity contribution in [2.45, 2.75) is 51.9 Å². The van der Waals surface area contributed by atoms with Crippen molar-refractivity contribution in [3.05, 3.63) is 35.2 Å². The highest BCUT2D eigenvalue weighted by Gasteiger charge is 2.30. The molecule has 0 unspecified atom stereocenters. The highest BCUT2D eigenvalue weighted by atomic mass is 16.5. The highest BCUT2D eigenvalue weighted by molar-refractivity contribution is 5.98. The fourth-order valence-electron chi connectivity index (χ4n) is 3.17. The maximum Gasteiger partial charge on any atom is 0.225 e. The van der Waals surface area contributed by atoms with Crippen molar-refractivity contribution in [3.63, 3.8) is 0 Å². The molecule has 2 aromatic rings. The van der Waals surface area contributed by atoms with E-state index < -0.39 is 0 Å². The lowest BCUT2D eigenvalue weighted by molar-refractivity contribution is -0.117. The molecule has 0 saturated heterocycles. The Balaban J connectivity index is 2.06. The molecule has 1 aromatic carbocycles. The zero-order chi connectivity index (χ0) is 19.8. The topological polar surface area (TPSA) is 96.1 Å². The lowest BCUT2D eigenvalue weighted by Gasteiger charge is -2.26. The molecule has 27 heavy (non-hydrogen) atoms. The lowest BCUT2D eigenvalue weighted by Crippen LogP contribution is -2.24. The van der Waals surface area contributed by atoms with Crippen LogP contribution in [0.25, 0.3) is 0 Å². The number of benzene rings is 1. The van der Waals surface area contributed by atoms with Crippen LogP contribution in [-0.4, -0.2) is 29.1 Å². The van der Waals surface area contributed by atoms with E-state index in [9.17, 15) is 9.59 Å². The van der Waals surface area contributed by atoms with Crippen LogP contribution in [0, 0.1) is 0 Å². The first-order chi connectivity index (χ1) is 12.7. The van der Waals surface area contributed by atoms with Crippen LogP contribution in [0.5, 0.6) is 5.75 Å². The summed E-state index contributed by atoms with van der Waals surface area (Å²) in [6.07, 6.45) is 0.683. The molecule has 7 nitrogen and oxygen atoms in total. The molecular formula is C20H26N4O3. The van der Waals surface area contributed by atoms with Crippen LogP contribution < -0.4 is 15.4 Å². The number of hydrogen-bond donors (Lipinski definition) is 3. The minimum Gasteiger partial charge on any atom is -0.494 e. The summed E-state index contributed by atoms with van der Waals surface area (Å²) < 4.78 is 5.40. The van der Waals surface area contributed by atoms with Gasteiger partial charge in [0.2, 0.25) is 11.8 Å². The van der Waals surface area contributed by atoms with Gasteiger partial charge in [-0.3, -0.25) is 14.7 Å². The van der Waals surface area contributed by atoms with Gasteiger partial charge in [0.1, 0.15) is 5.75 Å². The van der Waals surface area contributed by atoms with Crippen LogP contribution in [0.2, 0.25) is 0 Å². The number of ether oxygens (including phenoxy) is 1. The van der Waals surface area contributed by atoms with Crippen LogP contribution in [0.3, 0.4) is 0 Å². The van der Waals surface area contributed by atoms with Crippen molar-refractivity contribution >= 4 is 23.2 Å². The molecule has 0 radical (unpaired) electrons. The molecule has 1 atom stereocenters. The maximum atomic E-state index is 12.3. The van der Waals surface area contributed by atoms with Crippen molar-refractivity contribution < 1.29 is 14.3 Å². The summed E-state index contributed by atoms with van der Waals surface area (Å²) in [5, 5.41) is 13.3.